The summed E-state index contributed by atoms with van der Waals surface area (Å²) < 4.78 is 0. The zero-order valence-electron chi connectivity index (χ0n) is 20.7. The van der Waals surface area contributed by atoms with Gasteiger partial charge in [0, 0.05) is 51.0 Å². The molecule has 0 radical (unpaired) electrons. The first-order valence-corrected chi connectivity index (χ1v) is 14.3. The van der Waals surface area contributed by atoms with E-state index in [0.717, 1.165) is 70.3 Å². The van der Waals surface area contributed by atoms with Crippen LogP contribution < -0.4 is 10.2 Å². The first-order valence-electron chi connectivity index (χ1n) is 13.5. The molecule has 0 spiro atoms. The van der Waals surface area contributed by atoms with Crippen molar-refractivity contribution in [3.63, 3.8) is 0 Å². The zero-order valence-corrected chi connectivity index (χ0v) is 22.2. The average Bonchev–Trinajstić information content (AvgIpc) is 2.88. The van der Waals surface area contributed by atoms with E-state index in [9.17, 15) is 14.7 Å². The monoisotopic (exact) mass is 534 g/mol. The highest BCUT2D eigenvalue weighted by molar-refractivity contribution is 6.42. The lowest BCUT2D eigenvalue weighted by Crippen LogP contribution is -2.61. The van der Waals surface area contributed by atoms with E-state index in [2.05, 4.69) is 10.2 Å². The van der Waals surface area contributed by atoms with E-state index >= 15 is 0 Å². The Balaban J connectivity index is 1.03. The van der Waals surface area contributed by atoms with Gasteiger partial charge in [-0.25, -0.2) is 4.79 Å². The Labute approximate surface area is 223 Å². The van der Waals surface area contributed by atoms with Crippen LogP contribution in [0.3, 0.4) is 0 Å². The van der Waals surface area contributed by atoms with Crippen molar-refractivity contribution < 1.29 is 14.7 Å². The molecule has 1 aromatic rings. The van der Waals surface area contributed by atoms with Gasteiger partial charge >= 0.3 is 6.03 Å². The summed E-state index contributed by atoms with van der Waals surface area (Å²) in [6.07, 6.45) is 6.37. The average molecular weight is 536 g/mol. The molecule has 6 fully saturated rings. The third-order valence-electron chi connectivity index (χ3n) is 9.55. The molecule has 4 aliphatic carbocycles. The van der Waals surface area contributed by atoms with Crippen LogP contribution in [0.25, 0.3) is 0 Å². The Kier molecular flexibility index (Phi) is 6.54. The molecule has 4 saturated carbocycles. The van der Waals surface area contributed by atoms with E-state index in [1.165, 1.54) is 0 Å². The number of benzene rings is 1. The minimum atomic E-state index is -0.303. The third kappa shape index (κ3) is 4.45. The molecule has 6 aliphatic rings. The largest absolute Gasteiger partial charge is 0.393 e. The van der Waals surface area contributed by atoms with Crippen LogP contribution in [0.4, 0.5) is 10.5 Å². The number of piperidine rings is 1. The van der Waals surface area contributed by atoms with Gasteiger partial charge in [0.05, 0.1) is 21.6 Å². The van der Waals surface area contributed by atoms with Crippen molar-refractivity contribution in [3.8, 4) is 0 Å². The molecule has 7 rings (SSSR count). The molecular weight excluding hydrogens is 499 g/mol. The Bertz CT molecular complexity index is 1010. The minimum Gasteiger partial charge on any atom is -0.393 e. The molecule has 3 unspecified atom stereocenters. The van der Waals surface area contributed by atoms with Crippen LogP contribution >= 0.6 is 23.2 Å². The summed E-state index contributed by atoms with van der Waals surface area (Å²) in [6.45, 7) is 4.11. The Hall–Kier alpha value is -1.70. The van der Waals surface area contributed by atoms with Crippen LogP contribution in [-0.4, -0.2) is 78.3 Å². The van der Waals surface area contributed by atoms with Crippen LogP contribution in [0, 0.1) is 23.2 Å². The highest BCUT2D eigenvalue weighted by Crippen LogP contribution is 2.60. The van der Waals surface area contributed by atoms with Gasteiger partial charge in [-0.2, -0.15) is 0 Å². The molecule has 2 aliphatic heterocycles. The highest BCUT2D eigenvalue weighted by atomic mass is 35.5. The number of amides is 3. The van der Waals surface area contributed by atoms with Crippen LogP contribution in [0.1, 0.15) is 44.9 Å². The number of nitrogens with zero attached hydrogens (tertiary/aromatic N) is 3. The van der Waals surface area contributed by atoms with Crippen molar-refractivity contribution in [2.24, 2.45) is 23.2 Å². The number of anilines is 1. The molecular formula is C27H36Cl2N4O3. The fraction of sp³-hybridized carbons (Fsp3) is 0.704. The second-order valence-corrected chi connectivity index (χ2v) is 12.7. The summed E-state index contributed by atoms with van der Waals surface area (Å²) in [6, 6.07) is 5.73. The van der Waals surface area contributed by atoms with Gasteiger partial charge < -0.3 is 25.1 Å². The lowest BCUT2D eigenvalue weighted by atomic mass is 9.48. The predicted molar refractivity (Wildman–Crippen MR) is 140 cm³/mol. The highest BCUT2D eigenvalue weighted by Gasteiger charge is 2.58. The molecule has 0 aromatic heterocycles. The molecule has 196 valence electrons. The fourth-order valence-corrected chi connectivity index (χ4v) is 8.21. The van der Waals surface area contributed by atoms with Gasteiger partial charge in [-0.05, 0) is 80.9 Å². The Morgan fingerprint density at radius 3 is 2.36 bits per heavy atom. The Morgan fingerprint density at radius 2 is 1.67 bits per heavy atom. The molecule has 7 nitrogen and oxygen atoms in total. The van der Waals surface area contributed by atoms with Crippen molar-refractivity contribution in [1.82, 2.24) is 15.1 Å². The van der Waals surface area contributed by atoms with Crippen molar-refractivity contribution in [1.29, 1.82) is 0 Å². The fourth-order valence-electron chi connectivity index (χ4n) is 7.92. The van der Waals surface area contributed by atoms with Crippen molar-refractivity contribution in [2.75, 3.05) is 44.2 Å². The lowest BCUT2D eigenvalue weighted by Gasteiger charge is -2.58. The maximum absolute atomic E-state index is 13.5. The molecule has 4 bridgehead atoms. The summed E-state index contributed by atoms with van der Waals surface area (Å²) in [5.74, 6) is 1.33. The maximum Gasteiger partial charge on any atom is 0.320 e. The van der Waals surface area contributed by atoms with Gasteiger partial charge in [0.15, 0.2) is 0 Å². The van der Waals surface area contributed by atoms with Gasteiger partial charge in [-0.3, -0.25) is 4.79 Å². The number of piperazine rings is 1. The van der Waals surface area contributed by atoms with E-state index < -0.39 is 0 Å². The van der Waals surface area contributed by atoms with E-state index in [0.29, 0.717) is 35.6 Å². The number of halogens is 2. The summed E-state index contributed by atoms with van der Waals surface area (Å²) in [5, 5.41) is 15.0. The molecule has 3 atom stereocenters. The standard InChI is InChI=1S/C27H36Cl2N4O3/c28-22-4-3-21(12-23(22)29)31-6-8-32(9-7-31)26(36)33-5-1-2-20(16-33)30-25(35)27-13-17-10-18(14-27)24(34)19(11-17)15-27/h3-4,12,17-20,24,34H,1-2,5-11,13-16H2,(H,30,35). The van der Waals surface area contributed by atoms with Crippen molar-refractivity contribution in [2.45, 2.75) is 57.1 Å². The maximum atomic E-state index is 13.5. The van der Waals surface area contributed by atoms with Crippen LogP contribution in [0.5, 0.6) is 0 Å². The number of rotatable bonds is 3. The molecule has 2 N–H and O–H groups in total. The van der Waals surface area contributed by atoms with E-state index in [4.69, 9.17) is 23.2 Å². The topological polar surface area (TPSA) is 76.1 Å². The van der Waals surface area contributed by atoms with E-state index in [1.54, 1.807) is 0 Å². The third-order valence-corrected chi connectivity index (χ3v) is 10.3. The summed E-state index contributed by atoms with van der Waals surface area (Å²) in [7, 11) is 0. The second-order valence-electron chi connectivity index (χ2n) is 11.9. The lowest BCUT2D eigenvalue weighted by molar-refractivity contribution is -0.163. The smallest absolute Gasteiger partial charge is 0.320 e. The number of hydrogen-bond donors (Lipinski definition) is 2. The quantitative estimate of drug-likeness (QED) is 0.614. The number of aliphatic hydroxyl groups is 1. The zero-order chi connectivity index (χ0) is 25.0. The number of carbonyl (C=O) groups excluding carboxylic acids is 2. The number of likely N-dealkylation sites (tertiary alicyclic amines) is 1. The number of aliphatic hydroxyl groups excluding tert-OH is 1. The molecule has 36 heavy (non-hydrogen) atoms. The normalized spacial score (nSPS) is 35.8. The van der Waals surface area contributed by atoms with Gasteiger partial charge in [-0.1, -0.05) is 23.2 Å². The number of nitrogens with one attached hydrogen (secondary N) is 1. The van der Waals surface area contributed by atoms with Gasteiger partial charge in [0.2, 0.25) is 5.91 Å². The van der Waals surface area contributed by atoms with Crippen molar-refractivity contribution >= 4 is 40.8 Å². The summed E-state index contributed by atoms with van der Waals surface area (Å²) >= 11 is 12.2. The molecule has 2 heterocycles. The first-order chi connectivity index (χ1) is 17.3. The molecule has 9 heteroatoms. The van der Waals surface area contributed by atoms with E-state index in [1.807, 2.05) is 28.0 Å². The van der Waals surface area contributed by atoms with Gasteiger partial charge in [0.1, 0.15) is 0 Å². The first kappa shape index (κ1) is 24.6. The second kappa shape index (κ2) is 9.55. The number of hydrogen-bond acceptors (Lipinski definition) is 4. The Morgan fingerprint density at radius 1 is 0.944 bits per heavy atom. The molecule has 1 aromatic carbocycles. The van der Waals surface area contributed by atoms with Crippen LogP contribution in [0.2, 0.25) is 10.0 Å². The predicted octanol–water partition coefficient (Wildman–Crippen LogP) is 4.00. The summed E-state index contributed by atoms with van der Waals surface area (Å²) in [4.78, 5) is 33.0. The van der Waals surface area contributed by atoms with Gasteiger partial charge in [-0.15, -0.1) is 0 Å². The van der Waals surface area contributed by atoms with E-state index in [-0.39, 0.29) is 41.3 Å². The number of urea groups is 1. The SMILES string of the molecule is O=C(N1CCN(c2ccc(Cl)c(Cl)c2)CC1)N1CCCC(NC(=O)C23CC4CC(C2)C(O)C(C4)C3)C1. The minimum absolute atomic E-state index is 0.00521. The number of carbonyl (C=O) groups is 2. The van der Waals surface area contributed by atoms with Crippen molar-refractivity contribution in [3.05, 3.63) is 28.2 Å². The van der Waals surface area contributed by atoms with Gasteiger partial charge in [0.25, 0.3) is 0 Å². The molecule has 3 amide bonds. The molecule has 2 saturated heterocycles. The summed E-state index contributed by atoms with van der Waals surface area (Å²) in [5.41, 5.74) is 0.720. The van der Waals surface area contributed by atoms with Crippen LogP contribution in [0.15, 0.2) is 18.2 Å². The van der Waals surface area contributed by atoms with Crippen LogP contribution in [-0.2, 0) is 4.79 Å².